The lowest BCUT2D eigenvalue weighted by atomic mass is 9.93. The number of hydrogen-bond donors (Lipinski definition) is 4. The molecule has 0 unspecified atom stereocenters. The van der Waals surface area contributed by atoms with Crippen LogP contribution in [-0.2, 0) is 9.53 Å². The van der Waals surface area contributed by atoms with Crippen molar-refractivity contribution in [2.24, 2.45) is 5.73 Å². The van der Waals surface area contributed by atoms with Crippen molar-refractivity contribution < 1.29 is 28.6 Å². The zero-order valence-electron chi connectivity index (χ0n) is 15.5. The van der Waals surface area contributed by atoms with Crippen LogP contribution in [0, 0.1) is 5.41 Å². The molecule has 3 rings (SSSR count). The van der Waals surface area contributed by atoms with Gasteiger partial charge in [-0.25, -0.2) is 4.79 Å². The molecule has 5 N–H and O–H groups in total. The summed E-state index contributed by atoms with van der Waals surface area (Å²) in [5.41, 5.74) is 6.51. The van der Waals surface area contributed by atoms with Crippen LogP contribution in [0.4, 0.5) is 0 Å². The number of furan rings is 1. The second-order valence-corrected chi connectivity index (χ2v) is 6.74. The summed E-state index contributed by atoms with van der Waals surface area (Å²) in [6.07, 6.45) is 2.63. The van der Waals surface area contributed by atoms with Crippen LogP contribution in [0.2, 0.25) is 0 Å². The number of benzene rings is 1. The summed E-state index contributed by atoms with van der Waals surface area (Å²) in [6.45, 7) is -0.305. The van der Waals surface area contributed by atoms with Gasteiger partial charge in [-0.05, 0) is 43.9 Å². The number of nitrogen functional groups attached to an aromatic ring is 1. The normalized spacial score (nSPS) is 19.3. The van der Waals surface area contributed by atoms with E-state index in [1.54, 1.807) is 18.2 Å². The van der Waals surface area contributed by atoms with E-state index in [-0.39, 0.29) is 36.3 Å². The first-order chi connectivity index (χ1) is 13.4. The van der Waals surface area contributed by atoms with E-state index in [0.717, 1.165) is 0 Å². The number of rotatable bonds is 7. The van der Waals surface area contributed by atoms with Gasteiger partial charge in [-0.1, -0.05) is 0 Å². The van der Waals surface area contributed by atoms with Crippen molar-refractivity contribution in [3.8, 4) is 5.75 Å². The third-order valence-electron chi connectivity index (χ3n) is 4.82. The Balaban J connectivity index is 1.68. The largest absolute Gasteiger partial charge is 0.492 e. The smallest absolute Gasteiger partial charge is 0.329 e. The van der Waals surface area contributed by atoms with E-state index in [9.17, 15) is 9.59 Å². The zero-order valence-corrected chi connectivity index (χ0v) is 15.5. The van der Waals surface area contributed by atoms with Crippen molar-refractivity contribution >= 4 is 28.7 Å². The Kier molecular flexibility index (Phi) is 5.84. The van der Waals surface area contributed by atoms with Gasteiger partial charge in [-0.2, -0.15) is 0 Å². The van der Waals surface area contributed by atoms with Gasteiger partial charge >= 0.3 is 5.97 Å². The third-order valence-corrected chi connectivity index (χ3v) is 4.82. The zero-order chi connectivity index (χ0) is 20.3. The highest BCUT2D eigenvalue weighted by molar-refractivity contribution is 6.04. The van der Waals surface area contributed by atoms with Crippen molar-refractivity contribution in [1.82, 2.24) is 5.32 Å². The molecule has 1 fully saturated rings. The highest BCUT2D eigenvalue weighted by Gasteiger charge is 2.27. The highest BCUT2D eigenvalue weighted by atomic mass is 16.5. The summed E-state index contributed by atoms with van der Waals surface area (Å²) >= 11 is 0. The van der Waals surface area contributed by atoms with Crippen LogP contribution >= 0.6 is 0 Å². The first-order valence-corrected chi connectivity index (χ1v) is 8.98. The quantitative estimate of drug-likeness (QED) is 0.417. The van der Waals surface area contributed by atoms with E-state index >= 15 is 0 Å². The molecule has 0 spiro atoms. The molecule has 1 amide bonds. The Morgan fingerprint density at radius 1 is 1.32 bits per heavy atom. The van der Waals surface area contributed by atoms with Crippen molar-refractivity contribution in [3.05, 3.63) is 29.5 Å². The van der Waals surface area contributed by atoms with Crippen LogP contribution in [0.3, 0.4) is 0 Å². The van der Waals surface area contributed by atoms with E-state index in [2.05, 4.69) is 5.32 Å². The van der Waals surface area contributed by atoms with Crippen molar-refractivity contribution in [2.75, 3.05) is 13.7 Å². The van der Waals surface area contributed by atoms with E-state index in [1.165, 1.54) is 7.11 Å². The Labute approximate surface area is 161 Å². The minimum Gasteiger partial charge on any atom is -0.492 e. The summed E-state index contributed by atoms with van der Waals surface area (Å²) in [5, 5.41) is 19.7. The van der Waals surface area contributed by atoms with E-state index < -0.39 is 5.97 Å². The van der Waals surface area contributed by atoms with Gasteiger partial charge < -0.3 is 30.0 Å². The lowest BCUT2D eigenvalue weighted by Crippen LogP contribution is -2.39. The van der Waals surface area contributed by atoms with E-state index in [1.807, 2.05) is 0 Å². The molecule has 2 aromatic rings. The fourth-order valence-corrected chi connectivity index (χ4v) is 3.41. The molecule has 150 valence electrons. The van der Waals surface area contributed by atoms with Crippen molar-refractivity contribution in [3.63, 3.8) is 0 Å². The van der Waals surface area contributed by atoms with Crippen LogP contribution < -0.4 is 15.8 Å². The summed E-state index contributed by atoms with van der Waals surface area (Å²) in [6, 6.07) is 4.90. The second-order valence-electron chi connectivity index (χ2n) is 6.74. The van der Waals surface area contributed by atoms with E-state index in [4.69, 9.17) is 30.1 Å². The molecule has 0 aliphatic heterocycles. The number of hydrogen-bond acceptors (Lipinski definition) is 6. The number of carbonyl (C=O) groups excluding carboxylic acids is 1. The topological polar surface area (TPSA) is 148 Å². The molecule has 1 aromatic heterocycles. The average Bonchev–Trinajstić information content (AvgIpc) is 3.05. The van der Waals surface area contributed by atoms with Gasteiger partial charge in [0.05, 0.1) is 18.6 Å². The monoisotopic (exact) mass is 389 g/mol. The average molecular weight is 389 g/mol. The van der Waals surface area contributed by atoms with Crippen molar-refractivity contribution in [1.29, 1.82) is 5.41 Å². The number of carboxylic acid groups (broad SMARTS) is 1. The Hall–Kier alpha value is -3.07. The molecule has 1 aromatic carbocycles. The second kappa shape index (κ2) is 8.30. The summed E-state index contributed by atoms with van der Waals surface area (Å²) < 4.78 is 16.4. The molecule has 1 aliphatic rings. The fourth-order valence-electron chi connectivity index (χ4n) is 3.41. The van der Waals surface area contributed by atoms with Gasteiger partial charge in [0, 0.05) is 11.6 Å². The summed E-state index contributed by atoms with van der Waals surface area (Å²) in [4.78, 5) is 23.3. The number of carbonyl (C=O) groups is 2. The molecule has 0 saturated heterocycles. The Morgan fingerprint density at radius 2 is 2.04 bits per heavy atom. The molecule has 0 atom stereocenters. The minimum atomic E-state index is -0.986. The van der Waals surface area contributed by atoms with Gasteiger partial charge in [-0.15, -0.1) is 0 Å². The van der Waals surface area contributed by atoms with Crippen LogP contribution in [0.25, 0.3) is 11.0 Å². The molecular formula is C19H23N3O6. The van der Waals surface area contributed by atoms with Crippen molar-refractivity contribution in [2.45, 2.75) is 37.8 Å². The van der Waals surface area contributed by atoms with E-state index in [0.29, 0.717) is 48.0 Å². The lowest BCUT2D eigenvalue weighted by molar-refractivity contribution is -0.145. The predicted molar refractivity (Wildman–Crippen MR) is 101 cm³/mol. The molecule has 1 aliphatic carbocycles. The molecule has 28 heavy (non-hydrogen) atoms. The predicted octanol–water partition coefficient (Wildman–Crippen LogP) is 1.87. The molecule has 9 nitrogen and oxygen atoms in total. The van der Waals surface area contributed by atoms with Gasteiger partial charge in [-0.3, -0.25) is 10.2 Å². The lowest BCUT2D eigenvalue weighted by Gasteiger charge is -2.28. The van der Waals surface area contributed by atoms with Gasteiger partial charge in [0.15, 0.2) is 5.75 Å². The van der Waals surface area contributed by atoms with Gasteiger partial charge in [0.1, 0.15) is 18.0 Å². The minimum absolute atomic E-state index is 0.0529. The van der Waals surface area contributed by atoms with Gasteiger partial charge in [0.2, 0.25) is 5.76 Å². The number of carboxylic acids is 1. The van der Waals surface area contributed by atoms with Crippen LogP contribution in [-0.4, -0.2) is 48.7 Å². The maximum Gasteiger partial charge on any atom is 0.329 e. The molecule has 9 heteroatoms. The highest BCUT2D eigenvalue weighted by Crippen LogP contribution is 2.34. The molecule has 1 heterocycles. The molecule has 1 saturated carbocycles. The molecule has 0 radical (unpaired) electrons. The number of nitrogens with one attached hydrogen (secondary N) is 2. The number of amidine groups is 1. The fraction of sp³-hybridized carbons (Fsp3) is 0.421. The van der Waals surface area contributed by atoms with Crippen LogP contribution in [0.15, 0.2) is 22.6 Å². The first-order valence-electron chi connectivity index (χ1n) is 8.98. The Bertz CT molecular complexity index is 898. The number of amides is 1. The SMILES string of the molecule is COc1c(C(=O)N[C@H]2CC[C@H](OCC(=O)O)CC2)oc2ccc(C(=N)N)cc12. The summed E-state index contributed by atoms with van der Waals surface area (Å²) in [7, 11) is 1.45. The standard InChI is InChI=1S/C19H23N3O6/c1-26-16-13-8-10(18(20)21)2-7-14(13)28-17(16)19(25)22-11-3-5-12(6-4-11)27-9-15(23)24/h2,7-8,11-12H,3-6,9H2,1H3,(H3,20,21)(H,22,25)(H,23,24)/t11-,12-. The number of methoxy groups -OCH3 is 1. The first kappa shape index (κ1) is 19.7. The molecule has 0 bridgehead atoms. The number of aliphatic carboxylic acids is 1. The Morgan fingerprint density at radius 3 is 2.64 bits per heavy atom. The summed E-state index contributed by atoms with van der Waals surface area (Å²) in [5.74, 6) is -1.08. The maximum absolute atomic E-state index is 12.7. The van der Waals surface area contributed by atoms with Crippen LogP contribution in [0.5, 0.6) is 5.75 Å². The molecular weight excluding hydrogens is 366 g/mol. The van der Waals surface area contributed by atoms with Crippen LogP contribution in [0.1, 0.15) is 41.8 Å². The maximum atomic E-state index is 12.7. The number of nitrogens with two attached hydrogens (primary N) is 1. The van der Waals surface area contributed by atoms with Gasteiger partial charge in [0.25, 0.3) is 5.91 Å². The number of fused-ring (bicyclic) bond motifs is 1. The number of ether oxygens (including phenoxy) is 2. The third kappa shape index (κ3) is 4.25.